The molecule has 0 fully saturated rings. The molecule has 0 amide bonds. The molecule has 0 aliphatic carbocycles. The molecule has 0 aromatic heterocycles. The largest absolute Gasteiger partial charge is 0.496 e. The monoisotopic (exact) mass is 273 g/mol. The summed E-state index contributed by atoms with van der Waals surface area (Å²) in [6.45, 7) is 0.0407. The molecular formula is C15H15NO2S. The molecule has 2 aromatic rings. The lowest BCUT2D eigenvalue weighted by atomic mass is 10.1. The van der Waals surface area contributed by atoms with Crippen molar-refractivity contribution in [1.82, 2.24) is 0 Å². The minimum Gasteiger partial charge on any atom is -0.496 e. The van der Waals surface area contributed by atoms with Crippen LogP contribution in [0.1, 0.15) is 10.4 Å². The van der Waals surface area contributed by atoms with Gasteiger partial charge < -0.3 is 10.5 Å². The van der Waals surface area contributed by atoms with Crippen LogP contribution >= 0.6 is 11.8 Å². The average Bonchev–Trinajstić information content (AvgIpc) is 2.48. The topological polar surface area (TPSA) is 52.3 Å². The van der Waals surface area contributed by atoms with Gasteiger partial charge in [0, 0.05) is 10.5 Å². The van der Waals surface area contributed by atoms with E-state index in [-0.39, 0.29) is 12.3 Å². The highest BCUT2D eigenvalue weighted by atomic mass is 32.2. The van der Waals surface area contributed by atoms with Crippen molar-refractivity contribution >= 4 is 17.5 Å². The van der Waals surface area contributed by atoms with E-state index in [1.807, 2.05) is 36.4 Å². The van der Waals surface area contributed by atoms with Crippen molar-refractivity contribution in [2.45, 2.75) is 9.79 Å². The number of para-hydroxylation sites is 1. The number of carbonyl (C=O) groups is 1. The minimum atomic E-state index is -0.0474. The van der Waals surface area contributed by atoms with Gasteiger partial charge in [0.05, 0.1) is 18.6 Å². The van der Waals surface area contributed by atoms with E-state index in [0.717, 1.165) is 15.5 Å². The number of ketones is 1. The third kappa shape index (κ3) is 3.36. The summed E-state index contributed by atoms with van der Waals surface area (Å²) in [6, 6.07) is 15.3. The summed E-state index contributed by atoms with van der Waals surface area (Å²) < 4.78 is 5.31. The van der Waals surface area contributed by atoms with Gasteiger partial charge in [0.25, 0.3) is 0 Å². The van der Waals surface area contributed by atoms with E-state index in [1.54, 1.807) is 31.0 Å². The zero-order chi connectivity index (χ0) is 13.7. The number of methoxy groups -OCH3 is 1. The van der Waals surface area contributed by atoms with E-state index in [2.05, 4.69) is 0 Å². The average molecular weight is 273 g/mol. The molecule has 3 nitrogen and oxygen atoms in total. The van der Waals surface area contributed by atoms with Gasteiger partial charge in [0.15, 0.2) is 5.78 Å². The molecule has 0 spiro atoms. The van der Waals surface area contributed by atoms with Gasteiger partial charge in [-0.05, 0) is 24.3 Å². The molecule has 0 aliphatic rings. The Hall–Kier alpha value is -1.78. The number of nitrogens with two attached hydrogens (primary N) is 1. The molecular weight excluding hydrogens is 258 g/mol. The molecule has 0 radical (unpaired) electrons. The summed E-state index contributed by atoms with van der Waals surface area (Å²) in [5.41, 5.74) is 5.98. The Balaban J connectivity index is 2.17. The molecule has 0 unspecified atom stereocenters. The third-order valence-electron chi connectivity index (χ3n) is 2.66. The summed E-state index contributed by atoms with van der Waals surface area (Å²) in [7, 11) is 1.66. The Bertz CT molecular complexity index is 567. The van der Waals surface area contributed by atoms with E-state index >= 15 is 0 Å². The van der Waals surface area contributed by atoms with Crippen LogP contribution in [0, 0.1) is 0 Å². The number of ether oxygens (including phenoxy) is 1. The maximum atomic E-state index is 11.4. The molecule has 0 bridgehead atoms. The minimum absolute atomic E-state index is 0.0407. The van der Waals surface area contributed by atoms with Crippen LogP contribution in [0.3, 0.4) is 0 Å². The fourth-order valence-electron chi connectivity index (χ4n) is 1.66. The van der Waals surface area contributed by atoms with E-state index in [1.165, 1.54) is 0 Å². The highest BCUT2D eigenvalue weighted by Crippen LogP contribution is 2.34. The van der Waals surface area contributed by atoms with Crippen LogP contribution in [0.25, 0.3) is 0 Å². The Kier molecular flexibility index (Phi) is 4.60. The van der Waals surface area contributed by atoms with Crippen molar-refractivity contribution < 1.29 is 9.53 Å². The lowest BCUT2D eigenvalue weighted by molar-refractivity contribution is 0.100. The highest BCUT2D eigenvalue weighted by molar-refractivity contribution is 7.99. The number of benzene rings is 2. The first-order valence-electron chi connectivity index (χ1n) is 5.89. The standard InChI is InChI=1S/C15H15NO2S/c1-18-14-4-2-3-5-15(14)19-12-8-6-11(7-9-12)13(17)10-16/h2-9H,10,16H2,1H3. The number of hydrogen-bond donors (Lipinski definition) is 1. The van der Waals surface area contributed by atoms with Crippen LogP contribution < -0.4 is 10.5 Å². The number of Topliss-reactive ketones (excluding diaryl/α,β-unsaturated/α-hetero) is 1. The molecule has 0 saturated carbocycles. The van der Waals surface area contributed by atoms with E-state index in [4.69, 9.17) is 10.5 Å². The maximum absolute atomic E-state index is 11.4. The molecule has 2 aromatic carbocycles. The highest BCUT2D eigenvalue weighted by Gasteiger charge is 2.06. The van der Waals surface area contributed by atoms with Crippen molar-refractivity contribution in [1.29, 1.82) is 0 Å². The van der Waals surface area contributed by atoms with Crippen LogP contribution in [0.4, 0.5) is 0 Å². The summed E-state index contributed by atoms with van der Waals surface area (Å²) in [6.07, 6.45) is 0. The van der Waals surface area contributed by atoms with Crippen LogP contribution in [0.15, 0.2) is 58.3 Å². The summed E-state index contributed by atoms with van der Waals surface area (Å²) in [4.78, 5) is 13.5. The molecule has 19 heavy (non-hydrogen) atoms. The molecule has 0 heterocycles. The van der Waals surface area contributed by atoms with Gasteiger partial charge in [-0.2, -0.15) is 0 Å². The van der Waals surface area contributed by atoms with Crippen LogP contribution in [-0.4, -0.2) is 19.4 Å². The van der Waals surface area contributed by atoms with Gasteiger partial charge in [-0.25, -0.2) is 0 Å². The van der Waals surface area contributed by atoms with Gasteiger partial charge in [0.1, 0.15) is 5.75 Å². The molecule has 2 rings (SSSR count). The number of carbonyl (C=O) groups excluding carboxylic acids is 1. The van der Waals surface area contributed by atoms with E-state index in [9.17, 15) is 4.79 Å². The maximum Gasteiger partial charge on any atom is 0.176 e. The molecule has 0 aliphatic heterocycles. The normalized spacial score (nSPS) is 10.2. The first-order valence-corrected chi connectivity index (χ1v) is 6.70. The Morgan fingerprint density at radius 3 is 2.47 bits per heavy atom. The molecule has 4 heteroatoms. The van der Waals surface area contributed by atoms with Gasteiger partial charge in [-0.15, -0.1) is 0 Å². The van der Waals surface area contributed by atoms with Crippen molar-refractivity contribution in [2.75, 3.05) is 13.7 Å². The van der Waals surface area contributed by atoms with Gasteiger partial charge in [-0.1, -0.05) is 36.0 Å². The predicted octanol–water partition coefficient (Wildman–Crippen LogP) is 2.99. The summed E-state index contributed by atoms with van der Waals surface area (Å²) >= 11 is 1.60. The number of hydrogen-bond acceptors (Lipinski definition) is 4. The fraction of sp³-hybridized carbons (Fsp3) is 0.133. The van der Waals surface area contributed by atoms with Crippen LogP contribution in [-0.2, 0) is 0 Å². The lowest BCUT2D eigenvalue weighted by Crippen LogP contribution is -2.13. The van der Waals surface area contributed by atoms with Crippen LogP contribution in [0.5, 0.6) is 5.75 Å². The smallest absolute Gasteiger partial charge is 0.176 e. The first-order chi connectivity index (χ1) is 9.24. The Morgan fingerprint density at radius 1 is 1.16 bits per heavy atom. The van der Waals surface area contributed by atoms with Crippen molar-refractivity contribution in [3.63, 3.8) is 0 Å². The van der Waals surface area contributed by atoms with E-state index < -0.39 is 0 Å². The van der Waals surface area contributed by atoms with E-state index in [0.29, 0.717) is 5.56 Å². The van der Waals surface area contributed by atoms with Crippen molar-refractivity contribution in [3.05, 3.63) is 54.1 Å². The lowest BCUT2D eigenvalue weighted by Gasteiger charge is -2.07. The number of rotatable bonds is 5. The van der Waals surface area contributed by atoms with Gasteiger partial charge in [0.2, 0.25) is 0 Å². The predicted molar refractivity (Wildman–Crippen MR) is 76.9 cm³/mol. The second-order valence-corrected chi connectivity index (χ2v) is 5.02. The Labute approximate surface area is 116 Å². The van der Waals surface area contributed by atoms with Gasteiger partial charge in [-0.3, -0.25) is 4.79 Å². The second-order valence-electron chi connectivity index (χ2n) is 3.90. The summed E-state index contributed by atoms with van der Waals surface area (Å²) in [5, 5.41) is 0. The zero-order valence-electron chi connectivity index (χ0n) is 10.6. The second kappa shape index (κ2) is 6.41. The molecule has 0 saturated heterocycles. The summed E-state index contributed by atoms with van der Waals surface area (Å²) in [5.74, 6) is 0.795. The first kappa shape index (κ1) is 13.6. The SMILES string of the molecule is COc1ccccc1Sc1ccc(C(=O)CN)cc1. The van der Waals surface area contributed by atoms with Gasteiger partial charge >= 0.3 is 0 Å². The van der Waals surface area contributed by atoms with Crippen molar-refractivity contribution in [2.24, 2.45) is 5.73 Å². The third-order valence-corrected chi connectivity index (χ3v) is 3.72. The fourth-order valence-corrected chi connectivity index (χ4v) is 2.58. The Morgan fingerprint density at radius 2 is 1.84 bits per heavy atom. The molecule has 98 valence electrons. The molecule has 2 N–H and O–H groups in total. The quantitative estimate of drug-likeness (QED) is 0.851. The zero-order valence-corrected chi connectivity index (χ0v) is 11.4. The van der Waals surface area contributed by atoms with Crippen LogP contribution in [0.2, 0.25) is 0 Å². The molecule has 0 atom stereocenters. The van der Waals surface area contributed by atoms with Crippen molar-refractivity contribution in [3.8, 4) is 5.75 Å².